The summed E-state index contributed by atoms with van der Waals surface area (Å²) in [7, 11) is 0. The van der Waals surface area contributed by atoms with Gasteiger partial charge in [0.15, 0.2) is 6.61 Å². The van der Waals surface area contributed by atoms with Crippen molar-refractivity contribution in [2.24, 2.45) is 0 Å². The Balaban J connectivity index is 1.72. The van der Waals surface area contributed by atoms with Crippen LogP contribution in [-0.4, -0.2) is 22.1 Å². The molecule has 0 unspecified atom stereocenters. The zero-order chi connectivity index (χ0) is 16.2. The van der Waals surface area contributed by atoms with Gasteiger partial charge < -0.3 is 9.30 Å². The number of rotatable bonds is 5. The zero-order valence-electron chi connectivity index (χ0n) is 12.6. The number of ether oxygens (including phenoxy) is 1. The number of fused-ring (bicyclic) bond motifs is 1. The molecule has 3 rings (SSSR count). The molecule has 3 aromatic rings. The summed E-state index contributed by atoms with van der Waals surface area (Å²) in [6, 6.07) is 14.8. The predicted molar refractivity (Wildman–Crippen MR) is 91.0 cm³/mol. The first-order chi connectivity index (χ1) is 11.2. The molecule has 0 aliphatic heterocycles. The van der Waals surface area contributed by atoms with Crippen LogP contribution in [0.1, 0.15) is 6.92 Å². The van der Waals surface area contributed by atoms with Crippen molar-refractivity contribution in [3.8, 4) is 5.75 Å². The second kappa shape index (κ2) is 6.71. The normalized spacial score (nSPS) is 10.7. The fraction of sp³-hybridized carbons (Fsp3) is 0.176. The van der Waals surface area contributed by atoms with Crippen LogP contribution >= 0.6 is 11.6 Å². The minimum absolute atomic E-state index is 0.128. The third-order valence-corrected chi connectivity index (χ3v) is 3.73. The highest BCUT2D eigenvalue weighted by atomic mass is 35.5. The molecule has 1 aromatic heterocycles. The Morgan fingerprint density at radius 2 is 1.96 bits per heavy atom. The number of nitrogens with zero attached hydrogens (tertiary/aromatic N) is 2. The van der Waals surface area contributed by atoms with E-state index >= 15 is 0 Å². The molecular formula is C17H16ClN3O2. The van der Waals surface area contributed by atoms with Gasteiger partial charge in [-0.15, -0.1) is 0 Å². The number of aryl methyl sites for hydroxylation is 1. The number of hydrogen-bond acceptors (Lipinski definition) is 3. The number of aromatic nitrogens is 2. The topological polar surface area (TPSA) is 56.2 Å². The van der Waals surface area contributed by atoms with Gasteiger partial charge in [0.2, 0.25) is 5.95 Å². The molecular weight excluding hydrogens is 314 g/mol. The minimum Gasteiger partial charge on any atom is -0.482 e. The van der Waals surface area contributed by atoms with E-state index in [4.69, 9.17) is 16.3 Å². The van der Waals surface area contributed by atoms with E-state index in [1.807, 2.05) is 35.8 Å². The Hall–Kier alpha value is -2.53. The van der Waals surface area contributed by atoms with Crippen LogP contribution in [0.4, 0.5) is 5.95 Å². The molecule has 0 saturated heterocycles. The molecule has 0 saturated carbocycles. The first-order valence-corrected chi connectivity index (χ1v) is 7.69. The smallest absolute Gasteiger partial charge is 0.264 e. The van der Waals surface area contributed by atoms with Crippen molar-refractivity contribution in [1.29, 1.82) is 0 Å². The van der Waals surface area contributed by atoms with Gasteiger partial charge >= 0.3 is 0 Å². The summed E-state index contributed by atoms with van der Waals surface area (Å²) >= 11 is 6.00. The Morgan fingerprint density at radius 3 is 2.74 bits per heavy atom. The van der Waals surface area contributed by atoms with Crippen LogP contribution in [0.15, 0.2) is 48.5 Å². The predicted octanol–water partition coefficient (Wildman–Crippen LogP) is 3.73. The maximum absolute atomic E-state index is 12.1. The number of hydrogen-bond donors (Lipinski definition) is 1. The van der Waals surface area contributed by atoms with Crippen molar-refractivity contribution >= 4 is 34.5 Å². The number of nitrogens with one attached hydrogen (secondary N) is 1. The molecule has 1 amide bonds. The van der Waals surface area contributed by atoms with Crippen LogP contribution in [0, 0.1) is 0 Å². The molecule has 0 atom stereocenters. The summed E-state index contributed by atoms with van der Waals surface area (Å²) in [5.41, 5.74) is 1.83. The number of amides is 1. The van der Waals surface area contributed by atoms with E-state index in [0.717, 1.165) is 11.0 Å². The maximum Gasteiger partial charge on any atom is 0.264 e. The number of carbonyl (C=O) groups is 1. The van der Waals surface area contributed by atoms with Crippen molar-refractivity contribution in [3.05, 3.63) is 53.6 Å². The van der Waals surface area contributed by atoms with E-state index in [9.17, 15) is 4.79 Å². The molecule has 1 heterocycles. The molecule has 23 heavy (non-hydrogen) atoms. The quantitative estimate of drug-likeness (QED) is 0.776. The number of anilines is 1. The molecule has 0 aliphatic rings. The SMILES string of the molecule is CCn1c(NC(=O)COc2ccccc2Cl)nc2ccccc21. The van der Waals surface area contributed by atoms with Gasteiger partial charge in [-0.1, -0.05) is 35.9 Å². The van der Waals surface area contributed by atoms with E-state index < -0.39 is 0 Å². The number of carbonyl (C=O) groups excluding carboxylic acids is 1. The molecule has 0 radical (unpaired) electrons. The van der Waals surface area contributed by atoms with Crippen LogP contribution in [0.2, 0.25) is 5.02 Å². The summed E-state index contributed by atoms with van der Waals surface area (Å²) in [5.74, 6) is 0.713. The number of benzene rings is 2. The van der Waals surface area contributed by atoms with Gasteiger partial charge in [-0.05, 0) is 31.2 Å². The molecule has 2 aromatic carbocycles. The van der Waals surface area contributed by atoms with Crippen molar-refractivity contribution in [1.82, 2.24) is 9.55 Å². The lowest BCUT2D eigenvalue weighted by molar-refractivity contribution is -0.118. The zero-order valence-corrected chi connectivity index (χ0v) is 13.4. The summed E-state index contributed by atoms with van der Waals surface area (Å²) in [6.07, 6.45) is 0. The molecule has 0 fully saturated rings. The van der Waals surface area contributed by atoms with Crippen LogP contribution < -0.4 is 10.1 Å². The van der Waals surface area contributed by atoms with Crippen molar-refractivity contribution in [3.63, 3.8) is 0 Å². The highest BCUT2D eigenvalue weighted by Crippen LogP contribution is 2.23. The van der Waals surface area contributed by atoms with E-state index in [2.05, 4.69) is 10.3 Å². The van der Waals surface area contributed by atoms with Gasteiger partial charge in [0.05, 0.1) is 16.1 Å². The average molecular weight is 330 g/mol. The Morgan fingerprint density at radius 1 is 1.22 bits per heavy atom. The average Bonchev–Trinajstić information content (AvgIpc) is 2.91. The fourth-order valence-corrected chi connectivity index (χ4v) is 2.55. The third kappa shape index (κ3) is 3.29. The summed E-state index contributed by atoms with van der Waals surface area (Å²) in [6.45, 7) is 2.59. The molecule has 5 nitrogen and oxygen atoms in total. The Kier molecular flexibility index (Phi) is 4.48. The number of para-hydroxylation sites is 3. The molecule has 118 valence electrons. The first kappa shape index (κ1) is 15.4. The van der Waals surface area contributed by atoms with Crippen molar-refractivity contribution < 1.29 is 9.53 Å². The summed E-state index contributed by atoms with van der Waals surface area (Å²) in [4.78, 5) is 16.6. The standard InChI is InChI=1S/C17H16ClN3O2/c1-2-21-14-9-5-4-8-13(14)19-17(21)20-16(22)11-23-15-10-6-3-7-12(15)18/h3-10H,2,11H2,1H3,(H,19,20,22). The van der Waals surface area contributed by atoms with Crippen LogP contribution in [0.25, 0.3) is 11.0 Å². The van der Waals surface area contributed by atoms with Gasteiger partial charge in [-0.3, -0.25) is 10.1 Å². The second-order valence-electron chi connectivity index (χ2n) is 4.94. The highest BCUT2D eigenvalue weighted by Gasteiger charge is 2.12. The molecule has 0 aliphatic carbocycles. The summed E-state index contributed by atoms with van der Waals surface area (Å²) in [5, 5.41) is 3.26. The van der Waals surface area contributed by atoms with E-state index in [-0.39, 0.29) is 12.5 Å². The monoisotopic (exact) mass is 329 g/mol. The molecule has 6 heteroatoms. The van der Waals surface area contributed by atoms with Gasteiger partial charge in [0, 0.05) is 6.54 Å². The first-order valence-electron chi connectivity index (χ1n) is 7.31. The Labute approximate surface area is 138 Å². The van der Waals surface area contributed by atoms with Crippen LogP contribution in [0.3, 0.4) is 0 Å². The summed E-state index contributed by atoms with van der Waals surface area (Å²) < 4.78 is 7.38. The lowest BCUT2D eigenvalue weighted by atomic mass is 10.3. The van der Waals surface area contributed by atoms with E-state index in [1.165, 1.54) is 0 Å². The van der Waals surface area contributed by atoms with E-state index in [0.29, 0.717) is 23.3 Å². The molecule has 0 spiro atoms. The van der Waals surface area contributed by atoms with E-state index in [1.54, 1.807) is 24.3 Å². The lowest BCUT2D eigenvalue weighted by Crippen LogP contribution is -2.22. The Bertz CT molecular complexity index is 845. The fourth-order valence-electron chi connectivity index (χ4n) is 2.36. The lowest BCUT2D eigenvalue weighted by Gasteiger charge is -2.09. The number of imidazole rings is 1. The van der Waals surface area contributed by atoms with Crippen LogP contribution in [0.5, 0.6) is 5.75 Å². The third-order valence-electron chi connectivity index (χ3n) is 3.42. The minimum atomic E-state index is -0.282. The second-order valence-corrected chi connectivity index (χ2v) is 5.34. The largest absolute Gasteiger partial charge is 0.482 e. The van der Waals surface area contributed by atoms with Gasteiger partial charge in [0.1, 0.15) is 5.75 Å². The van der Waals surface area contributed by atoms with Crippen molar-refractivity contribution in [2.45, 2.75) is 13.5 Å². The van der Waals surface area contributed by atoms with Gasteiger partial charge in [-0.25, -0.2) is 4.98 Å². The number of halogens is 1. The molecule has 0 bridgehead atoms. The molecule has 1 N–H and O–H groups in total. The maximum atomic E-state index is 12.1. The van der Waals surface area contributed by atoms with Crippen molar-refractivity contribution in [2.75, 3.05) is 11.9 Å². The van der Waals surface area contributed by atoms with Crippen LogP contribution in [-0.2, 0) is 11.3 Å². The van der Waals surface area contributed by atoms with Gasteiger partial charge in [-0.2, -0.15) is 0 Å². The van der Waals surface area contributed by atoms with Gasteiger partial charge in [0.25, 0.3) is 5.91 Å². The highest BCUT2D eigenvalue weighted by molar-refractivity contribution is 6.32.